The minimum absolute atomic E-state index is 0.0252. The van der Waals surface area contributed by atoms with Crippen molar-refractivity contribution in [2.24, 2.45) is 0 Å². The van der Waals surface area contributed by atoms with Crippen molar-refractivity contribution in [2.75, 3.05) is 25.5 Å². The van der Waals surface area contributed by atoms with E-state index in [9.17, 15) is 9.18 Å². The summed E-state index contributed by atoms with van der Waals surface area (Å²) >= 11 is 1.62. The van der Waals surface area contributed by atoms with Gasteiger partial charge >= 0.3 is 0 Å². The van der Waals surface area contributed by atoms with Crippen LogP contribution in [0.3, 0.4) is 0 Å². The maximum absolute atomic E-state index is 14.3. The molecule has 1 fully saturated rings. The third kappa shape index (κ3) is 4.82. The minimum atomic E-state index is -0.311. The Labute approximate surface area is 174 Å². The van der Waals surface area contributed by atoms with Crippen molar-refractivity contribution in [3.63, 3.8) is 0 Å². The third-order valence-corrected chi connectivity index (χ3v) is 6.15. The first-order valence-electron chi connectivity index (χ1n) is 9.92. The number of amides is 1. The van der Waals surface area contributed by atoms with E-state index in [1.54, 1.807) is 34.9 Å². The van der Waals surface area contributed by atoms with Gasteiger partial charge in [-0.05, 0) is 24.5 Å². The van der Waals surface area contributed by atoms with Gasteiger partial charge in [0, 0.05) is 31.0 Å². The van der Waals surface area contributed by atoms with Gasteiger partial charge in [0.15, 0.2) is 5.76 Å². The molecule has 0 aliphatic carbocycles. The van der Waals surface area contributed by atoms with E-state index in [0.717, 1.165) is 29.1 Å². The smallest absolute Gasteiger partial charge is 0.290 e. The molecule has 29 heavy (non-hydrogen) atoms. The standard InChI is InChI=1S/C23H24FNO3S/c24-20-11-5-4-9-18(20)15-25(16-19-10-6-12-27-19)23(26)21-22(29-14-13-28-21)17-7-2-1-3-8-17/h1-5,7-9,11,19H,6,10,12-16H2. The molecule has 1 amide bonds. The van der Waals surface area contributed by atoms with Crippen LogP contribution in [0, 0.1) is 5.82 Å². The predicted molar refractivity (Wildman–Crippen MR) is 113 cm³/mol. The molecule has 0 aromatic heterocycles. The molecular weight excluding hydrogens is 389 g/mol. The molecular formula is C23H24FNO3S. The molecule has 4 nitrogen and oxygen atoms in total. The van der Waals surface area contributed by atoms with Crippen LogP contribution in [-0.2, 0) is 20.8 Å². The lowest BCUT2D eigenvalue weighted by Gasteiger charge is -2.29. The van der Waals surface area contributed by atoms with Crippen LogP contribution >= 0.6 is 11.8 Å². The fourth-order valence-electron chi connectivity index (χ4n) is 3.61. The van der Waals surface area contributed by atoms with Crippen molar-refractivity contribution in [3.05, 3.63) is 77.3 Å². The number of hydrogen-bond acceptors (Lipinski definition) is 4. The Morgan fingerprint density at radius 2 is 1.90 bits per heavy atom. The Morgan fingerprint density at radius 1 is 1.10 bits per heavy atom. The number of benzene rings is 2. The zero-order valence-electron chi connectivity index (χ0n) is 16.2. The summed E-state index contributed by atoms with van der Waals surface area (Å²) < 4.78 is 25.9. The van der Waals surface area contributed by atoms with E-state index in [4.69, 9.17) is 9.47 Å². The maximum atomic E-state index is 14.3. The summed E-state index contributed by atoms with van der Waals surface area (Å²) in [5.41, 5.74) is 1.45. The van der Waals surface area contributed by atoms with E-state index in [0.29, 0.717) is 31.1 Å². The number of rotatable bonds is 6. The Hall–Kier alpha value is -2.31. The Kier molecular flexibility index (Phi) is 6.52. The van der Waals surface area contributed by atoms with Crippen LogP contribution in [0.4, 0.5) is 4.39 Å². The van der Waals surface area contributed by atoms with Gasteiger partial charge in [0.2, 0.25) is 0 Å². The highest BCUT2D eigenvalue weighted by Crippen LogP contribution is 2.35. The summed E-state index contributed by atoms with van der Waals surface area (Å²) in [5.74, 6) is 0.616. The molecule has 0 N–H and O–H groups in total. The lowest BCUT2D eigenvalue weighted by Crippen LogP contribution is -2.39. The second kappa shape index (κ2) is 9.46. The normalized spacial score (nSPS) is 19.1. The first-order chi connectivity index (χ1) is 14.2. The zero-order chi connectivity index (χ0) is 20.1. The van der Waals surface area contributed by atoms with Gasteiger partial charge < -0.3 is 14.4 Å². The number of carbonyl (C=O) groups is 1. The predicted octanol–water partition coefficient (Wildman–Crippen LogP) is 4.47. The number of carbonyl (C=O) groups excluding carboxylic acids is 1. The van der Waals surface area contributed by atoms with E-state index < -0.39 is 0 Å². The van der Waals surface area contributed by atoms with Gasteiger partial charge in [0.05, 0.1) is 17.6 Å². The lowest BCUT2D eigenvalue weighted by atomic mass is 10.1. The summed E-state index contributed by atoms with van der Waals surface area (Å²) in [7, 11) is 0. The largest absolute Gasteiger partial charge is 0.486 e. The highest BCUT2D eigenvalue weighted by Gasteiger charge is 2.30. The topological polar surface area (TPSA) is 38.8 Å². The van der Waals surface area contributed by atoms with Crippen molar-refractivity contribution in [2.45, 2.75) is 25.5 Å². The molecule has 2 aliphatic rings. The fraction of sp³-hybridized carbons (Fsp3) is 0.348. The monoisotopic (exact) mass is 413 g/mol. The Morgan fingerprint density at radius 3 is 2.66 bits per heavy atom. The van der Waals surface area contributed by atoms with Crippen molar-refractivity contribution in [3.8, 4) is 0 Å². The molecule has 1 unspecified atom stereocenters. The number of nitrogens with zero attached hydrogens (tertiary/aromatic N) is 1. The number of halogens is 1. The third-order valence-electron chi connectivity index (χ3n) is 5.07. The molecule has 1 saturated heterocycles. The summed E-state index contributed by atoms with van der Waals surface area (Å²) in [6.07, 6.45) is 1.86. The Balaban J connectivity index is 1.65. The van der Waals surface area contributed by atoms with Gasteiger partial charge in [0.1, 0.15) is 5.82 Å². The SMILES string of the molecule is O=C(C1=C(c2ccccc2)SCCO1)N(Cc1ccccc1F)CC1CCCO1. The minimum Gasteiger partial charge on any atom is -0.486 e. The van der Waals surface area contributed by atoms with Crippen LogP contribution in [0.1, 0.15) is 24.0 Å². The van der Waals surface area contributed by atoms with Crippen molar-refractivity contribution in [1.29, 1.82) is 0 Å². The maximum Gasteiger partial charge on any atom is 0.290 e. The Bertz CT molecular complexity index is 881. The highest BCUT2D eigenvalue weighted by atomic mass is 32.2. The van der Waals surface area contributed by atoms with Gasteiger partial charge in [-0.2, -0.15) is 0 Å². The first-order valence-corrected chi connectivity index (χ1v) is 10.9. The van der Waals surface area contributed by atoms with Crippen molar-refractivity contribution >= 4 is 22.6 Å². The molecule has 0 radical (unpaired) electrons. The van der Waals surface area contributed by atoms with Crippen molar-refractivity contribution in [1.82, 2.24) is 4.90 Å². The van der Waals surface area contributed by atoms with Gasteiger partial charge in [-0.1, -0.05) is 48.5 Å². The highest BCUT2D eigenvalue weighted by molar-refractivity contribution is 8.08. The average molecular weight is 414 g/mol. The van der Waals surface area contributed by atoms with Gasteiger partial charge in [0.25, 0.3) is 5.91 Å². The summed E-state index contributed by atoms with van der Waals surface area (Å²) in [4.78, 5) is 16.0. The van der Waals surface area contributed by atoms with Gasteiger partial charge in [-0.15, -0.1) is 11.8 Å². The van der Waals surface area contributed by atoms with Gasteiger partial charge in [-0.25, -0.2) is 4.39 Å². The quantitative estimate of drug-likeness (QED) is 0.701. The second-order valence-corrected chi connectivity index (χ2v) is 8.24. The van der Waals surface area contributed by atoms with Crippen LogP contribution in [0.15, 0.2) is 60.4 Å². The zero-order valence-corrected chi connectivity index (χ0v) is 17.0. The summed E-state index contributed by atoms with van der Waals surface area (Å²) in [5, 5.41) is 0. The van der Waals surface area contributed by atoms with Crippen LogP contribution in [0.25, 0.3) is 4.91 Å². The molecule has 0 saturated carbocycles. The molecule has 1 atom stereocenters. The number of ether oxygens (including phenoxy) is 2. The van der Waals surface area contributed by atoms with E-state index in [1.165, 1.54) is 6.07 Å². The molecule has 0 spiro atoms. The molecule has 2 heterocycles. The van der Waals surface area contributed by atoms with Crippen LogP contribution in [0.5, 0.6) is 0 Å². The van der Waals surface area contributed by atoms with E-state index >= 15 is 0 Å². The van der Waals surface area contributed by atoms with Gasteiger partial charge in [-0.3, -0.25) is 4.79 Å². The molecule has 0 bridgehead atoms. The molecule has 2 aliphatic heterocycles. The molecule has 2 aromatic carbocycles. The summed E-state index contributed by atoms with van der Waals surface area (Å²) in [6.45, 7) is 1.80. The molecule has 4 rings (SSSR count). The summed E-state index contributed by atoms with van der Waals surface area (Å²) in [6, 6.07) is 16.4. The van der Waals surface area contributed by atoms with E-state index in [-0.39, 0.29) is 24.4 Å². The van der Waals surface area contributed by atoms with Crippen LogP contribution < -0.4 is 0 Å². The number of hydrogen-bond donors (Lipinski definition) is 0. The fourth-order valence-corrected chi connectivity index (χ4v) is 4.56. The number of thioether (sulfide) groups is 1. The molecule has 6 heteroatoms. The van der Waals surface area contributed by atoms with Crippen LogP contribution in [-0.4, -0.2) is 42.4 Å². The van der Waals surface area contributed by atoms with E-state index in [2.05, 4.69) is 0 Å². The average Bonchev–Trinajstić information content (AvgIpc) is 3.28. The van der Waals surface area contributed by atoms with Crippen LogP contribution in [0.2, 0.25) is 0 Å². The molecule has 2 aromatic rings. The second-order valence-electron chi connectivity index (χ2n) is 7.13. The molecule has 152 valence electrons. The lowest BCUT2D eigenvalue weighted by molar-refractivity contribution is -0.133. The van der Waals surface area contributed by atoms with Crippen molar-refractivity contribution < 1.29 is 18.7 Å². The first kappa shape index (κ1) is 20.0. The van der Waals surface area contributed by atoms with E-state index in [1.807, 2.05) is 30.3 Å².